The van der Waals surface area contributed by atoms with Gasteiger partial charge in [-0.3, -0.25) is 0 Å². The number of phenolic OH excluding ortho intramolecular Hbond substituents is 1. The van der Waals surface area contributed by atoms with Crippen LogP contribution in [-0.4, -0.2) is 38.7 Å². The number of carbonyl (C=O) groups is 1. The molecule has 0 atom stereocenters. The number of fused-ring (bicyclic) bond motifs is 3. The van der Waals surface area contributed by atoms with Crippen LogP contribution in [0.3, 0.4) is 0 Å². The van der Waals surface area contributed by atoms with Gasteiger partial charge in [-0.25, -0.2) is 4.79 Å². The molecule has 0 aliphatic carbocycles. The van der Waals surface area contributed by atoms with E-state index in [-0.39, 0.29) is 30.6 Å². The normalized spacial score (nSPS) is 13.8. The molecule has 3 aromatic carbocycles. The second kappa shape index (κ2) is 7.16. The van der Waals surface area contributed by atoms with Gasteiger partial charge >= 0.3 is 5.97 Å². The fourth-order valence-electron chi connectivity index (χ4n) is 4.12. The molecular weight excluding hydrogens is 404 g/mol. The number of methoxy groups -OCH3 is 2. The molecule has 0 fully saturated rings. The van der Waals surface area contributed by atoms with Crippen molar-refractivity contribution < 1.29 is 38.3 Å². The summed E-state index contributed by atoms with van der Waals surface area (Å²) in [7, 11) is 2.90. The zero-order chi connectivity index (χ0) is 21.7. The maximum Gasteiger partial charge on any atom is 0.339 e. The van der Waals surface area contributed by atoms with E-state index < -0.39 is 5.97 Å². The lowest BCUT2D eigenvalue weighted by Crippen LogP contribution is -2.03. The van der Waals surface area contributed by atoms with Crippen LogP contribution in [0.25, 0.3) is 21.9 Å². The highest BCUT2D eigenvalue weighted by Gasteiger charge is 2.34. The number of esters is 1. The predicted octanol–water partition coefficient (Wildman–Crippen LogP) is 4.03. The van der Waals surface area contributed by atoms with E-state index in [1.165, 1.54) is 14.2 Å². The van der Waals surface area contributed by atoms with E-state index in [1.807, 2.05) is 19.1 Å². The van der Waals surface area contributed by atoms with Gasteiger partial charge in [0.25, 0.3) is 0 Å². The predicted molar refractivity (Wildman–Crippen MR) is 111 cm³/mol. The molecule has 0 saturated heterocycles. The highest BCUT2D eigenvalue weighted by atomic mass is 16.7. The molecule has 8 nitrogen and oxygen atoms in total. The summed E-state index contributed by atoms with van der Waals surface area (Å²) >= 11 is 0. The minimum absolute atomic E-state index is 0.104. The molecule has 0 bridgehead atoms. The Morgan fingerprint density at radius 2 is 1.58 bits per heavy atom. The second-order valence-corrected chi connectivity index (χ2v) is 7.05. The van der Waals surface area contributed by atoms with Gasteiger partial charge in [-0.1, -0.05) is 0 Å². The maximum absolute atomic E-state index is 12.8. The fourth-order valence-corrected chi connectivity index (χ4v) is 4.12. The summed E-state index contributed by atoms with van der Waals surface area (Å²) in [6, 6.07) is 6.99. The minimum Gasteiger partial charge on any atom is -0.502 e. The Bertz CT molecular complexity index is 1210. The molecule has 0 saturated carbocycles. The van der Waals surface area contributed by atoms with E-state index in [9.17, 15) is 9.90 Å². The van der Waals surface area contributed by atoms with Crippen molar-refractivity contribution in [3.63, 3.8) is 0 Å². The third-order valence-electron chi connectivity index (χ3n) is 5.46. The topological polar surface area (TPSA) is 92.7 Å². The molecule has 2 heterocycles. The van der Waals surface area contributed by atoms with Crippen molar-refractivity contribution in [2.75, 3.05) is 27.6 Å². The zero-order valence-electron chi connectivity index (χ0n) is 17.2. The van der Waals surface area contributed by atoms with E-state index in [0.29, 0.717) is 46.1 Å². The Balaban J connectivity index is 1.92. The van der Waals surface area contributed by atoms with E-state index in [1.54, 1.807) is 12.1 Å². The van der Waals surface area contributed by atoms with E-state index >= 15 is 0 Å². The number of aromatic hydroxyl groups is 1. The quantitative estimate of drug-likeness (QED) is 0.614. The lowest BCUT2D eigenvalue weighted by molar-refractivity contribution is 0.0534. The molecule has 0 unspecified atom stereocenters. The Labute approximate surface area is 177 Å². The highest BCUT2D eigenvalue weighted by Crippen LogP contribution is 2.50. The molecule has 0 spiro atoms. The van der Waals surface area contributed by atoms with Crippen molar-refractivity contribution in [1.82, 2.24) is 0 Å². The number of benzene rings is 3. The Hall–Kier alpha value is -3.81. The van der Waals surface area contributed by atoms with E-state index in [0.717, 1.165) is 10.8 Å². The first kappa shape index (κ1) is 19.2. The third kappa shape index (κ3) is 2.78. The van der Waals surface area contributed by atoms with Crippen LogP contribution in [0.4, 0.5) is 0 Å². The first-order valence-electron chi connectivity index (χ1n) is 9.74. The van der Waals surface area contributed by atoms with Crippen LogP contribution in [0.15, 0.2) is 24.3 Å². The molecule has 160 valence electrons. The fraction of sp³-hybridized carbons (Fsp3) is 0.261. The molecule has 0 aromatic heterocycles. The van der Waals surface area contributed by atoms with Crippen molar-refractivity contribution >= 4 is 16.7 Å². The van der Waals surface area contributed by atoms with Crippen molar-refractivity contribution in [3.8, 4) is 45.6 Å². The van der Waals surface area contributed by atoms with Crippen LogP contribution in [-0.2, 0) is 11.3 Å². The van der Waals surface area contributed by atoms with Crippen LogP contribution in [0.1, 0.15) is 22.8 Å². The zero-order valence-corrected chi connectivity index (χ0v) is 17.2. The molecule has 3 aromatic rings. The summed E-state index contributed by atoms with van der Waals surface area (Å²) in [5.74, 6) is 1.62. The van der Waals surface area contributed by atoms with Crippen LogP contribution in [0.5, 0.6) is 34.5 Å². The van der Waals surface area contributed by atoms with E-state index in [2.05, 4.69) is 0 Å². The first-order valence-corrected chi connectivity index (χ1v) is 9.74. The molecule has 2 aliphatic heterocycles. The van der Waals surface area contributed by atoms with Gasteiger partial charge in [0.05, 0.1) is 26.4 Å². The number of carbonyl (C=O) groups excluding carboxylic acids is 1. The van der Waals surface area contributed by atoms with E-state index in [4.69, 9.17) is 28.4 Å². The molecule has 2 aliphatic rings. The average molecular weight is 424 g/mol. The number of hydrogen-bond acceptors (Lipinski definition) is 8. The maximum atomic E-state index is 12.8. The summed E-state index contributed by atoms with van der Waals surface area (Å²) in [5.41, 5.74) is 2.31. The lowest BCUT2D eigenvalue weighted by atomic mass is 9.89. The Morgan fingerprint density at radius 1 is 0.935 bits per heavy atom. The standard InChI is InChI=1S/C23H20O8/c1-4-28-22-13-8-16-15(30-10-31-16)7-12(13)19(20-14(22)9-29-23(20)25)11-5-17(26-2)21(24)18(6-11)27-3/h5-8,24H,4,9-10H2,1-3H3. The highest BCUT2D eigenvalue weighted by molar-refractivity contribution is 6.14. The monoisotopic (exact) mass is 424 g/mol. The molecule has 31 heavy (non-hydrogen) atoms. The molecular formula is C23H20O8. The Morgan fingerprint density at radius 3 is 2.19 bits per heavy atom. The van der Waals surface area contributed by atoms with Gasteiger partial charge in [0, 0.05) is 16.5 Å². The smallest absolute Gasteiger partial charge is 0.339 e. The largest absolute Gasteiger partial charge is 0.502 e. The van der Waals surface area contributed by atoms with Crippen molar-refractivity contribution in [2.24, 2.45) is 0 Å². The summed E-state index contributed by atoms with van der Waals surface area (Å²) < 4.78 is 33.1. The summed E-state index contributed by atoms with van der Waals surface area (Å²) in [5, 5.41) is 11.9. The van der Waals surface area contributed by atoms with Gasteiger partial charge in [-0.15, -0.1) is 0 Å². The van der Waals surface area contributed by atoms with Crippen LogP contribution >= 0.6 is 0 Å². The second-order valence-electron chi connectivity index (χ2n) is 7.05. The summed E-state index contributed by atoms with van der Waals surface area (Å²) in [4.78, 5) is 12.8. The first-order chi connectivity index (χ1) is 15.1. The molecule has 8 heteroatoms. The van der Waals surface area contributed by atoms with Crippen molar-refractivity contribution in [1.29, 1.82) is 0 Å². The molecule has 0 radical (unpaired) electrons. The van der Waals surface area contributed by atoms with Crippen LogP contribution in [0, 0.1) is 0 Å². The SMILES string of the molecule is CCOc1c2c(c(-c3cc(OC)c(O)c(OC)c3)c3cc4c(cc13)OCO4)C(=O)OC2. The molecule has 0 amide bonds. The van der Waals surface area contributed by atoms with Gasteiger partial charge in [-0.05, 0) is 42.1 Å². The van der Waals surface area contributed by atoms with Gasteiger partial charge in [0.1, 0.15) is 12.4 Å². The summed E-state index contributed by atoms with van der Waals surface area (Å²) in [6.45, 7) is 2.53. The molecule has 1 N–H and O–H groups in total. The summed E-state index contributed by atoms with van der Waals surface area (Å²) in [6.07, 6.45) is 0. The number of rotatable bonds is 5. The van der Waals surface area contributed by atoms with Crippen LogP contribution in [0.2, 0.25) is 0 Å². The average Bonchev–Trinajstić information content (AvgIpc) is 3.39. The minimum atomic E-state index is -0.448. The van der Waals surface area contributed by atoms with Gasteiger partial charge in [-0.2, -0.15) is 0 Å². The lowest BCUT2D eigenvalue weighted by Gasteiger charge is -2.18. The van der Waals surface area contributed by atoms with Crippen LogP contribution < -0.4 is 23.7 Å². The van der Waals surface area contributed by atoms with Gasteiger partial charge < -0.3 is 33.5 Å². The number of ether oxygens (including phenoxy) is 6. The Kier molecular flexibility index (Phi) is 4.43. The van der Waals surface area contributed by atoms with Crippen molar-refractivity contribution in [3.05, 3.63) is 35.4 Å². The van der Waals surface area contributed by atoms with Gasteiger partial charge in [0.15, 0.2) is 23.0 Å². The third-order valence-corrected chi connectivity index (χ3v) is 5.46. The van der Waals surface area contributed by atoms with Gasteiger partial charge in [0.2, 0.25) is 12.5 Å². The molecule has 5 rings (SSSR count). The van der Waals surface area contributed by atoms with Crippen molar-refractivity contribution in [2.45, 2.75) is 13.5 Å². The number of hydrogen-bond donors (Lipinski definition) is 1. The number of cyclic esters (lactones) is 1. The number of phenols is 1.